The highest BCUT2D eigenvalue weighted by Gasteiger charge is 2.11. The lowest BCUT2D eigenvalue weighted by molar-refractivity contribution is -0.124. The lowest BCUT2D eigenvalue weighted by atomic mass is 10.1. The topological polar surface area (TPSA) is 55.1 Å². The molecule has 0 fully saturated rings. The van der Waals surface area contributed by atoms with Crippen LogP contribution in [0.1, 0.15) is 18.1 Å². The fourth-order valence-electron chi connectivity index (χ4n) is 1.52. The Morgan fingerprint density at radius 2 is 2.16 bits per heavy atom. The van der Waals surface area contributed by atoms with Crippen LogP contribution < -0.4 is 11.1 Å². The molecule has 0 bridgehead atoms. The maximum atomic E-state index is 13.1. The second kappa shape index (κ2) is 9.18. The highest BCUT2D eigenvalue weighted by molar-refractivity contribution is 7.97. The van der Waals surface area contributed by atoms with Crippen molar-refractivity contribution in [2.45, 2.75) is 19.2 Å². The van der Waals surface area contributed by atoms with Gasteiger partial charge in [-0.3, -0.25) is 4.79 Å². The van der Waals surface area contributed by atoms with Crippen LogP contribution in [0.15, 0.2) is 18.2 Å². The van der Waals surface area contributed by atoms with Gasteiger partial charge in [-0.05, 0) is 29.5 Å². The number of hydrogen-bond donors (Lipinski definition) is 2. The van der Waals surface area contributed by atoms with Crippen molar-refractivity contribution < 1.29 is 9.18 Å². The molecule has 108 valence electrons. The number of rotatable bonds is 6. The first-order chi connectivity index (χ1) is 8.58. The smallest absolute Gasteiger partial charge is 0.224 e. The third kappa shape index (κ3) is 5.80. The highest BCUT2D eigenvalue weighted by atomic mass is 35.5. The van der Waals surface area contributed by atoms with E-state index in [0.29, 0.717) is 13.1 Å². The average Bonchev–Trinajstić information content (AvgIpc) is 2.37. The molecule has 1 amide bonds. The van der Waals surface area contributed by atoms with Gasteiger partial charge in [0.1, 0.15) is 5.82 Å². The van der Waals surface area contributed by atoms with Gasteiger partial charge in [-0.15, -0.1) is 12.4 Å². The second-order valence-electron chi connectivity index (χ2n) is 4.20. The number of hydrogen-bond acceptors (Lipinski definition) is 3. The van der Waals surface area contributed by atoms with Crippen LogP contribution in [0, 0.1) is 11.7 Å². The van der Waals surface area contributed by atoms with Crippen molar-refractivity contribution in [3.8, 4) is 0 Å². The summed E-state index contributed by atoms with van der Waals surface area (Å²) >= 11 is 1.62. The quantitative estimate of drug-likeness (QED) is 0.848. The SMILES string of the molecule is CSCc1cc(F)ccc1CNC(=O)C(C)CN.Cl. The molecule has 0 aliphatic rings. The third-order valence-electron chi connectivity index (χ3n) is 2.72. The molecule has 0 heterocycles. The Labute approximate surface area is 123 Å². The molecular formula is C13H20ClFN2OS. The summed E-state index contributed by atoms with van der Waals surface area (Å²) in [7, 11) is 0. The van der Waals surface area contributed by atoms with E-state index in [-0.39, 0.29) is 30.0 Å². The maximum absolute atomic E-state index is 13.1. The first kappa shape index (κ1) is 18.2. The van der Waals surface area contributed by atoms with Gasteiger partial charge in [-0.2, -0.15) is 11.8 Å². The Balaban J connectivity index is 0.00000324. The molecule has 0 aliphatic heterocycles. The summed E-state index contributed by atoms with van der Waals surface area (Å²) in [6.07, 6.45) is 1.96. The van der Waals surface area contributed by atoms with Gasteiger partial charge >= 0.3 is 0 Å². The monoisotopic (exact) mass is 306 g/mol. The fourth-order valence-corrected chi connectivity index (χ4v) is 2.10. The number of nitrogens with one attached hydrogen (secondary N) is 1. The van der Waals surface area contributed by atoms with Crippen molar-refractivity contribution in [3.05, 3.63) is 35.1 Å². The van der Waals surface area contributed by atoms with Crippen molar-refractivity contribution in [1.29, 1.82) is 0 Å². The summed E-state index contributed by atoms with van der Waals surface area (Å²) in [4.78, 5) is 11.6. The number of benzene rings is 1. The molecule has 0 saturated heterocycles. The van der Waals surface area contributed by atoms with Crippen LogP contribution in [-0.2, 0) is 17.1 Å². The van der Waals surface area contributed by atoms with Gasteiger partial charge in [0.2, 0.25) is 5.91 Å². The average molecular weight is 307 g/mol. The molecular weight excluding hydrogens is 287 g/mol. The van der Waals surface area contributed by atoms with E-state index in [0.717, 1.165) is 16.9 Å². The lowest BCUT2D eigenvalue weighted by Gasteiger charge is -2.12. The molecule has 1 rings (SSSR count). The fraction of sp³-hybridized carbons (Fsp3) is 0.462. The van der Waals surface area contributed by atoms with E-state index in [1.165, 1.54) is 12.1 Å². The number of halogens is 2. The number of carbonyl (C=O) groups is 1. The number of thioether (sulfide) groups is 1. The Morgan fingerprint density at radius 1 is 1.47 bits per heavy atom. The van der Waals surface area contributed by atoms with Crippen molar-refractivity contribution >= 4 is 30.1 Å². The van der Waals surface area contributed by atoms with Gasteiger partial charge in [-0.25, -0.2) is 4.39 Å². The Morgan fingerprint density at radius 3 is 2.74 bits per heavy atom. The van der Waals surface area contributed by atoms with Gasteiger partial charge in [-0.1, -0.05) is 13.0 Å². The molecule has 1 atom stereocenters. The Bertz CT molecular complexity index is 418. The van der Waals surface area contributed by atoms with E-state index in [1.807, 2.05) is 6.26 Å². The van der Waals surface area contributed by atoms with Gasteiger partial charge in [0, 0.05) is 24.8 Å². The Kier molecular flexibility index (Phi) is 8.80. The molecule has 1 aromatic rings. The van der Waals surface area contributed by atoms with E-state index < -0.39 is 0 Å². The number of nitrogens with two attached hydrogens (primary N) is 1. The normalized spacial score (nSPS) is 11.6. The zero-order valence-corrected chi connectivity index (χ0v) is 12.7. The minimum Gasteiger partial charge on any atom is -0.352 e. The summed E-state index contributed by atoms with van der Waals surface area (Å²) in [5, 5.41) is 2.82. The lowest BCUT2D eigenvalue weighted by Crippen LogP contribution is -2.33. The minimum atomic E-state index is -0.246. The largest absolute Gasteiger partial charge is 0.352 e. The van der Waals surface area contributed by atoms with E-state index >= 15 is 0 Å². The molecule has 6 heteroatoms. The van der Waals surface area contributed by atoms with Crippen molar-refractivity contribution in [3.63, 3.8) is 0 Å². The summed E-state index contributed by atoms with van der Waals surface area (Å²) in [5.74, 6) is 0.214. The summed E-state index contributed by atoms with van der Waals surface area (Å²) < 4.78 is 13.1. The van der Waals surface area contributed by atoms with Gasteiger partial charge < -0.3 is 11.1 Å². The van der Waals surface area contributed by atoms with Crippen LogP contribution >= 0.6 is 24.2 Å². The molecule has 0 spiro atoms. The first-order valence-electron chi connectivity index (χ1n) is 5.82. The van der Waals surface area contributed by atoms with Crippen molar-refractivity contribution in [2.75, 3.05) is 12.8 Å². The molecule has 19 heavy (non-hydrogen) atoms. The maximum Gasteiger partial charge on any atom is 0.224 e. The standard InChI is InChI=1S/C13H19FN2OS.ClH/c1-9(6-15)13(17)16-7-10-3-4-12(14)5-11(10)8-18-2;/h3-5,9H,6-8,15H2,1-2H3,(H,16,17);1H. The van der Waals surface area contributed by atoms with E-state index in [2.05, 4.69) is 5.32 Å². The molecule has 0 aromatic heterocycles. The summed E-state index contributed by atoms with van der Waals surface area (Å²) in [5.41, 5.74) is 7.29. The molecule has 3 nitrogen and oxygen atoms in total. The van der Waals surface area contributed by atoms with Crippen LogP contribution in [0.25, 0.3) is 0 Å². The molecule has 0 saturated carbocycles. The number of amides is 1. The third-order valence-corrected chi connectivity index (χ3v) is 3.32. The van der Waals surface area contributed by atoms with E-state index in [9.17, 15) is 9.18 Å². The zero-order valence-electron chi connectivity index (χ0n) is 11.1. The highest BCUT2D eigenvalue weighted by Crippen LogP contribution is 2.16. The van der Waals surface area contributed by atoms with Gasteiger partial charge in [0.05, 0.1) is 0 Å². The number of carbonyl (C=O) groups excluding carboxylic acids is 1. The van der Waals surface area contributed by atoms with E-state index in [4.69, 9.17) is 5.73 Å². The van der Waals surface area contributed by atoms with Crippen LogP contribution in [0.3, 0.4) is 0 Å². The first-order valence-corrected chi connectivity index (χ1v) is 7.22. The van der Waals surface area contributed by atoms with Crippen molar-refractivity contribution in [2.24, 2.45) is 11.7 Å². The molecule has 3 N–H and O–H groups in total. The van der Waals surface area contributed by atoms with Gasteiger partial charge in [0.15, 0.2) is 0 Å². The molecule has 0 aliphatic carbocycles. The summed E-state index contributed by atoms with van der Waals surface area (Å²) in [6.45, 7) is 2.52. The van der Waals surface area contributed by atoms with Crippen LogP contribution in [0.2, 0.25) is 0 Å². The molecule has 0 radical (unpaired) electrons. The molecule has 1 aromatic carbocycles. The minimum absolute atomic E-state index is 0. The zero-order chi connectivity index (χ0) is 13.5. The molecule has 1 unspecified atom stereocenters. The van der Waals surface area contributed by atoms with Crippen LogP contribution in [-0.4, -0.2) is 18.7 Å². The van der Waals surface area contributed by atoms with Crippen LogP contribution in [0.5, 0.6) is 0 Å². The second-order valence-corrected chi connectivity index (χ2v) is 5.07. The van der Waals surface area contributed by atoms with E-state index in [1.54, 1.807) is 24.8 Å². The van der Waals surface area contributed by atoms with Gasteiger partial charge in [0.25, 0.3) is 0 Å². The summed E-state index contributed by atoms with van der Waals surface area (Å²) in [6, 6.07) is 4.65. The van der Waals surface area contributed by atoms with Crippen molar-refractivity contribution in [1.82, 2.24) is 5.32 Å². The van der Waals surface area contributed by atoms with Crippen LogP contribution in [0.4, 0.5) is 4.39 Å². The Hall–Kier alpha value is -0.780. The predicted octanol–water partition coefficient (Wildman–Crippen LogP) is 2.32. The predicted molar refractivity (Wildman–Crippen MR) is 80.9 cm³/mol.